The van der Waals surface area contributed by atoms with Crippen molar-refractivity contribution < 1.29 is 18.4 Å². The number of hydrogen-bond donors (Lipinski definition) is 1. The zero-order valence-corrected chi connectivity index (χ0v) is 12.7. The van der Waals surface area contributed by atoms with Crippen LogP contribution in [0, 0.1) is 12.7 Å². The van der Waals surface area contributed by atoms with Gasteiger partial charge in [0.15, 0.2) is 0 Å². The summed E-state index contributed by atoms with van der Waals surface area (Å²) < 4.78 is 24.3. The van der Waals surface area contributed by atoms with Crippen LogP contribution in [-0.4, -0.2) is 42.4 Å². The molecule has 1 aliphatic rings. The van der Waals surface area contributed by atoms with Crippen molar-refractivity contribution in [2.75, 3.05) is 31.2 Å². The molecule has 0 radical (unpaired) electrons. The van der Waals surface area contributed by atoms with Gasteiger partial charge in [-0.2, -0.15) is 4.98 Å². The molecule has 1 amide bonds. The average Bonchev–Trinajstić information content (AvgIpc) is 3.00. The lowest BCUT2D eigenvalue weighted by Gasteiger charge is -2.29. The smallest absolute Gasteiger partial charge is 0.292 e. The van der Waals surface area contributed by atoms with Crippen LogP contribution in [0.4, 0.5) is 10.1 Å². The van der Waals surface area contributed by atoms with Crippen molar-refractivity contribution in [3.8, 4) is 0 Å². The molecule has 0 bridgehead atoms. The maximum atomic E-state index is 14.3. The number of aromatic nitrogens is 2. The number of nitrogens with zero attached hydrogens (tertiary/aromatic N) is 3. The second kappa shape index (κ2) is 6.74. The van der Waals surface area contributed by atoms with Gasteiger partial charge in [0.25, 0.3) is 11.7 Å². The van der Waals surface area contributed by atoms with Gasteiger partial charge in [0.2, 0.25) is 5.89 Å². The van der Waals surface area contributed by atoms with E-state index < -0.39 is 5.91 Å². The quantitative estimate of drug-likeness (QED) is 0.914. The Morgan fingerprint density at radius 2 is 2.17 bits per heavy atom. The first kappa shape index (κ1) is 15.4. The molecule has 1 saturated heterocycles. The largest absolute Gasteiger partial charge is 0.378 e. The molecule has 23 heavy (non-hydrogen) atoms. The molecule has 8 heteroatoms. The van der Waals surface area contributed by atoms with Crippen LogP contribution in [0.2, 0.25) is 0 Å². The minimum Gasteiger partial charge on any atom is -0.378 e. The Bertz CT molecular complexity index is 698. The molecule has 0 spiro atoms. The summed E-state index contributed by atoms with van der Waals surface area (Å²) in [5.41, 5.74) is 1.21. The van der Waals surface area contributed by atoms with Crippen molar-refractivity contribution >= 4 is 11.6 Å². The molecule has 1 fully saturated rings. The van der Waals surface area contributed by atoms with Gasteiger partial charge in [-0.1, -0.05) is 11.2 Å². The molecule has 0 unspecified atom stereocenters. The highest BCUT2D eigenvalue weighted by molar-refractivity contribution is 5.90. The summed E-state index contributed by atoms with van der Waals surface area (Å²) >= 11 is 0. The van der Waals surface area contributed by atoms with Gasteiger partial charge < -0.3 is 19.5 Å². The molecule has 1 N–H and O–H groups in total. The first-order valence-corrected chi connectivity index (χ1v) is 7.33. The Kier molecular flexibility index (Phi) is 4.52. The van der Waals surface area contributed by atoms with Gasteiger partial charge in [-0.25, -0.2) is 4.39 Å². The number of ether oxygens (including phenoxy) is 1. The van der Waals surface area contributed by atoms with Crippen LogP contribution >= 0.6 is 0 Å². The number of amides is 1. The van der Waals surface area contributed by atoms with Crippen molar-refractivity contribution in [2.24, 2.45) is 0 Å². The minimum absolute atomic E-state index is 0.0343. The van der Waals surface area contributed by atoms with Gasteiger partial charge in [-0.05, 0) is 17.7 Å². The summed E-state index contributed by atoms with van der Waals surface area (Å²) in [6.45, 7) is 4.33. The molecule has 1 aromatic carbocycles. The van der Waals surface area contributed by atoms with E-state index in [-0.39, 0.29) is 18.2 Å². The van der Waals surface area contributed by atoms with E-state index in [1.165, 1.54) is 6.07 Å². The molecular weight excluding hydrogens is 303 g/mol. The maximum Gasteiger partial charge on any atom is 0.292 e. The lowest BCUT2D eigenvalue weighted by molar-refractivity contribution is 0.0937. The van der Waals surface area contributed by atoms with Gasteiger partial charge in [0.05, 0.1) is 18.9 Å². The summed E-state index contributed by atoms with van der Waals surface area (Å²) in [7, 11) is 0. The van der Waals surface area contributed by atoms with Crippen molar-refractivity contribution in [1.82, 2.24) is 15.5 Å². The fourth-order valence-electron chi connectivity index (χ4n) is 2.37. The van der Waals surface area contributed by atoms with E-state index in [1.54, 1.807) is 19.1 Å². The second-order valence-corrected chi connectivity index (χ2v) is 5.20. The van der Waals surface area contributed by atoms with E-state index in [1.807, 2.05) is 4.90 Å². The summed E-state index contributed by atoms with van der Waals surface area (Å²) in [4.78, 5) is 17.6. The van der Waals surface area contributed by atoms with E-state index >= 15 is 0 Å². The number of nitrogens with one attached hydrogen (secondary N) is 1. The van der Waals surface area contributed by atoms with Crippen LogP contribution in [0.5, 0.6) is 0 Å². The summed E-state index contributed by atoms with van der Waals surface area (Å²) in [6, 6.07) is 4.93. The minimum atomic E-state index is -0.459. The molecule has 2 heterocycles. The summed E-state index contributed by atoms with van der Waals surface area (Å²) in [5, 5.41) is 6.16. The van der Waals surface area contributed by atoms with Crippen LogP contribution in [0.3, 0.4) is 0 Å². The maximum absolute atomic E-state index is 14.3. The highest BCUT2D eigenvalue weighted by Crippen LogP contribution is 2.21. The van der Waals surface area contributed by atoms with Crippen molar-refractivity contribution in [1.29, 1.82) is 0 Å². The van der Waals surface area contributed by atoms with E-state index in [0.717, 1.165) is 0 Å². The highest BCUT2D eigenvalue weighted by Gasteiger charge is 2.16. The lowest BCUT2D eigenvalue weighted by atomic mass is 10.1. The fourth-order valence-corrected chi connectivity index (χ4v) is 2.37. The van der Waals surface area contributed by atoms with Crippen molar-refractivity contribution in [3.05, 3.63) is 41.3 Å². The molecular formula is C15H17FN4O3. The van der Waals surface area contributed by atoms with Gasteiger partial charge in [-0.3, -0.25) is 4.79 Å². The van der Waals surface area contributed by atoms with E-state index in [0.29, 0.717) is 43.4 Å². The number of carbonyl (C=O) groups excluding carboxylic acids is 1. The van der Waals surface area contributed by atoms with Crippen molar-refractivity contribution in [3.63, 3.8) is 0 Å². The second-order valence-electron chi connectivity index (χ2n) is 5.20. The van der Waals surface area contributed by atoms with Gasteiger partial charge >= 0.3 is 0 Å². The third-order valence-electron chi connectivity index (χ3n) is 3.55. The third kappa shape index (κ3) is 3.65. The van der Waals surface area contributed by atoms with E-state index in [4.69, 9.17) is 9.26 Å². The van der Waals surface area contributed by atoms with Gasteiger partial charge in [-0.15, -0.1) is 0 Å². The normalized spacial score (nSPS) is 14.8. The standard InChI is InChI=1S/C15H17FN4O3/c1-10-18-14(19-23-10)15(21)17-9-11-2-3-13(12(16)8-11)20-4-6-22-7-5-20/h2-3,8H,4-7,9H2,1H3,(H,17,21). The van der Waals surface area contributed by atoms with Crippen LogP contribution in [0.25, 0.3) is 0 Å². The highest BCUT2D eigenvalue weighted by atomic mass is 19.1. The zero-order valence-electron chi connectivity index (χ0n) is 12.7. The average molecular weight is 320 g/mol. The number of morpholine rings is 1. The topological polar surface area (TPSA) is 80.5 Å². The molecule has 1 aliphatic heterocycles. The predicted molar refractivity (Wildman–Crippen MR) is 79.6 cm³/mol. The van der Waals surface area contributed by atoms with Gasteiger partial charge in [0, 0.05) is 26.6 Å². The number of aryl methyl sites for hydroxylation is 1. The van der Waals surface area contributed by atoms with Crippen LogP contribution < -0.4 is 10.2 Å². The molecule has 3 rings (SSSR count). The Hall–Kier alpha value is -2.48. The lowest BCUT2D eigenvalue weighted by Crippen LogP contribution is -2.36. The fraction of sp³-hybridized carbons (Fsp3) is 0.400. The first-order chi connectivity index (χ1) is 11.1. The predicted octanol–water partition coefficient (Wildman–Crippen LogP) is 1.28. The van der Waals surface area contributed by atoms with E-state index in [2.05, 4.69) is 15.5 Å². The number of halogens is 1. The summed E-state index contributed by atoms with van der Waals surface area (Å²) in [5.74, 6) is -0.488. The summed E-state index contributed by atoms with van der Waals surface area (Å²) in [6.07, 6.45) is 0. The number of rotatable bonds is 4. The Morgan fingerprint density at radius 3 is 2.83 bits per heavy atom. The first-order valence-electron chi connectivity index (χ1n) is 7.33. The zero-order chi connectivity index (χ0) is 16.2. The van der Waals surface area contributed by atoms with Crippen LogP contribution in [0.15, 0.2) is 22.7 Å². The molecule has 7 nitrogen and oxygen atoms in total. The SMILES string of the molecule is Cc1nc(C(=O)NCc2ccc(N3CCOCC3)c(F)c2)no1. The van der Waals surface area contributed by atoms with Crippen molar-refractivity contribution in [2.45, 2.75) is 13.5 Å². The van der Waals surface area contributed by atoms with Crippen LogP contribution in [0.1, 0.15) is 22.1 Å². The Morgan fingerprint density at radius 1 is 1.39 bits per heavy atom. The molecule has 1 aromatic heterocycles. The number of anilines is 1. The molecule has 0 atom stereocenters. The number of carbonyl (C=O) groups is 1. The molecule has 0 aliphatic carbocycles. The Balaban J connectivity index is 1.62. The third-order valence-corrected chi connectivity index (χ3v) is 3.55. The van der Waals surface area contributed by atoms with E-state index in [9.17, 15) is 9.18 Å². The Labute approximate surface area is 132 Å². The van der Waals surface area contributed by atoms with Gasteiger partial charge in [0.1, 0.15) is 5.82 Å². The molecule has 2 aromatic rings. The molecule has 0 saturated carbocycles. The number of benzene rings is 1. The van der Waals surface area contributed by atoms with Crippen LogP contribution in [-0.2, 0) is 11.3 Å². The monoisotopic (exact) mass is 320 g/mol. The number of hydrogen-bond acceptors (Lipinski definition) is 6. The molecule has 122 valence electrons.